The Morgan fingerprint density at radius 2 is 2.00 bits per heavy atom. The molecule has 0 fully saturated rings. The molecule has 0 atom stereocenters. The quantitative estimate of drug-likeness (QED) is 0.459. The van der Waals surface area contributed by atoms with Gasteiger partial charge in [-0.25, -0.2) is 9.37 Å². The number of anilines is 2. The van der Waals surface area contributed by atoms with Crippen molar-refractivity contribution < 1.29 is 27.5 Å². The van der Waals surface area contributed by atoms with Gasteiger partial charge >= 0.3 is 6.18 Å². The number of aliphatic hydroxyl groups excluding tert-OH is 1. The molecule has 3 aromatic rings. The molecule has 2 aromatic heterocycles. The Morgan fingerprint density at radius 3 is 2.72 bits per heavy atom. The van der Waals surface area contributed by atoms with E-state index in [0.717, 1.165) is 23.5 Å². The fourth-order valence-electron chi connectivity index (χ4n) is 2.43. The number of hydrogen-bond donors (Lipinski definition) is 3. The van der Waals surface area contributed by atoms with Gasteiger partial charge in [0, 0.05) is 35.5 Å². The number of halogens is 4. The number of aromatic nitrogens is 1. The molecule has 1 aromatic carbocycles. The molecular formula is C18H15F4N3O2S2. The van der Waals surface area contributed by atoms with Gasteiger partial charge in [0.15, 0.2) is 5.13 Å². The van der Waals surface area contributed by atoms with Crippen molar-refractivity contribution in [2.75, 3.05) is 17.2 Å². The monoisotopic (exact) mass is 445 g/mol. The average molecular weight is 445 g/mol. The highest BCUT2D eigenvalue weighted by atomic mass is 32.1. The zero-order valence-electron chi connectivity index (χ0n) is 14.7. The van der Waals surface area contributed by atoms with Crippen molar-refractivity contribution in [1.29, 1.82) is 0 Å². The minimum Gasteiger partial charge on any atom is -0.396 e. The van der Waals surface area contributed by atoms with E-state index < -0.39 is 17.6 Å². The smallest absolute Gasteiger partial charge is 0.396 e. The molecule has 29 heavy (non-hydrogen) atoms. The highest BCUT2D eigenvalue weighted by Crippen LogP contribution is 2.35. The summed E-state index contributed by atoms with van der Waals surface area (Å²) in [6.07, 6.45) is -4.29. The first-order valence-corrected chi connectivity index (χ1v) is 10.0. The second-order valence-corrected chi connectivity index (χ2v) is 7.91. The molecule has 0 saturated carbocycles. The van der Waals surface area contributed by atoms with Crippen LogP contribution in [0.4, 0.5) is 28.4 Å². The van der Waals surface area contributed by atoms with Crippen LogP contribution in [0.1, 0.15) is 25.8 Å². The summed E-state index contributed by atoms with van der Waals surface area (Å²) < 4.78 is 52.3. The second-order valence-electron chi connectivity index (χ2n) is 5.88. The predicted molar refractivity (Wildman–Crippen MR) is 104 cm³/mol. The van der Waals surface area contributed by atoms with Gasteiger partial charge in [-0.1, -0.05) is 0 Å². The molecule has 0 aliphatic carbocycles. The van der Waals surface area contributed by atoms with Gasteiger partial charge in [-0.2, -0.15) is 13.2 Å². The van der Waals surface area contributed by atoms with Crippen LogP contribution in [0.15, 0.2) is 35.7 Å². The van der Waals surface area contributed by atoms with Gasteiger partial charge in [0.2, 0.25) is 0 Å². The third-order valence-electron chi connectivity index (χ3n) is 3.77. The number of carbonyl (C=O) groups excluding carboxylic acids is 1. The Balaban J connectivity index is 1.64. The second kappa shape index (κ2) is 8.89. The Hall–Kier alpha value is -2.50. The van der Waals surface area contributed by atoms with Gasteiger partial charge in [-0.15, -0.1) is 22.7 Å². The molecule has 0 radical (unpaired) electrons. The molecule has 3 N–H and O–H groups in total. The van der Waals surface area contributed by atoms with E-state index in [-0.39, 0.29) is 24.7 Å². The first-order chi connectivity index (χ1) is 13.8. The summed E-state index contributed by atoms with van der Waals surface area (Å²) in [7, 11) is 0. The van der Waals surface area contributed by atoms with E-state index in [0.29, 0.717) is 33.1 Å². The lowest BCUT2D eigenvalue weighted by Gasteiger charge is -2.14. The summed E-state index contributed by atoms with van der Waals surface area (Å²) in [4.78, 5) is 17.5. The van der Waals surface area contributed by atoms with Crippen molar-refractivity contribution >= 4 is 39.4 Å². The van der Waals surface area contributed by atoms with Crippen LogP contribution in [0, 0.1) is 5.82 Å². The number of nitrogens with zero attached hydrogens (tertiary/aromatic N) is 1. The van der Waals surface area contributed by atoms with Crippen LogP contribution in [0.3, 0.4) is 0 Å². The van der Waals surface area contributed by atoms with E-state index >= 15 is 0 Å². The first kappa shape index (κ1) is 21.2. The molecule has 154 valence electrons. The lowest BCUT2D eigenvalue weighted by atomic mass is 10.1. The Labute approximate surface area is 171 Å². The van der Waals surface area contributed by atoms with E-state index in [1.54, 1.807) is 17.5 Å². The Morgan fingerprint density at radius 1 is 1.21 bits per heavy atom. The van der Waals surface area contributed by atoms with Crippen LogP contribution in [-0.4, -0.2) is 22.6 Å². The minimum atomic E-state index is -4.69. The van der Waals surface area contributed by atoms with Crippen molar-refractivity contribution in [3.63, 3.8) is 0 Å². The van der Waals surface area contributed by atoms with Crippen LogP contribution in [-0.2, 0) is 19.1 Å². The topological polar surface area (TPSA) is 74.2 Å². The number of amides is 1. The Kier molecular flexibility index (Phi) is 6.50. The highest BCUT2D eigenvalue weighted by Gasteiger charge is 2.34. The van der Waals surface area contributed by atoms with Gasteiger partial charge in [0.1, 0.15) is 5.82 Å². The molecule has 2 heterocycles. The first-order valence-electron chi connectivity index (χ1n) is 8.32. The SMILES string of the molecule is O=C(Nc1nc(CCO)cs1)c1ccc(CNc2ccc(F)cc2C(F)(F)F)s1. The van der Waals surface area contributed by atoms with Gasteiger partial charge in [-0.3, -0.25) is 10.1 Å². The van der Waals surface area contributed by atoms with Crippen molar-refractivity contribution in [3.05, 3.63) is 62.5 Å². The standard InChI is InChI=1S/C18H15F4N3O2S2/c19-10-1-3-14(13(7-10)18(20,21)22)23-8-12-2-4-15(29-12)16(27)25-17-24-11(5-6-26)9-28-17/h1-4,7,9,23,26H,5-6,8H2,(H,24,25,27). The van der Waals surface area contributed by atoms with E-state index in [4.69, 9.17) is 5.11 Å². The fraction of sp³-hybridized carbons (Fsp3) is 0.222. The summed E-state index contributed by atoms with van der Waals surface area (Å²) >= 11 is 2.35. The van der Waals surface area contributed by atoms with Gasteiger partial charge in [0.25, 0.3) is 5.91 Å². The molecule has 0 aliphatic heterocycles. The number of alkyl halides is 3. The molecule has 0 spiro atoms. The molecular weight excluding hydrogens is 430 g/mol. The number of nitrogens with one attached hydrogen (secondary N) is 2. The summed E-state index contributed by atoms with van der Waals surface area (Å²) in [5.41, 5.74) is -0.657. The maximum atomic E-state index is 13.2. The van der Waals surface area contributed by atoms with Crippen LogP contribution in [0.25, 0.3) is 0 Å². The van der Waals surface area contributed by atoms with Crippen molar-refractivity contribution in [1.82, 2.24) is 4.98 Å². The number of thiophene rings is 1. The molecule has 5 nitrogen and oxygen atoms in total. The largest absolute Gasteiger partial charge is 0.418 e. The van der Waals surface area contributed by atoms with Crippen LogP contribution >= 0.6 is 22.7 Å². The van der Waals surface area contributed by atoms with E-state index in [1.807, 2.05) is 0 Å². The van der Waals surface area contributed by atoms with Crippen molar-refractivity contribution in [3.8, 4) is 0 Å². The number of thiazole rings is 1. The summed E-state index contributed by atoms with van der Waals surface area (Å²) in [5, 5.41) is 16.3. The van der Waals surface area contributed by atoms with Crippen LogP contribution in [0.2, 0.25) is 0 Å². The van der Waals surface area contributed by atoms with Gasteiger partial charge in [0.05, 0.1) is 16.1 Å². The number of benzene rings is 1. The molecule has 0 aliphatic rings. The molecule has 3 rings (SSSR count). The number of hydrogen-bond acceptors (Lipinski definition) is 6. The number of aliphatic hydroxyl groups is 1. The highest BCUT2D eigenvalue weighted by molar-refractivity contribution is 7.15. The summed E-state index contributed by atoms with van der Waals surface area (Å²) in [6.45, 7) is 0.00702. The molecule has 11 heteroatoms. The molecule has 0 unspecified atom stereocenters. The predicted octanol–water partition coefficient (Wildman–Crippen LogP) is 4.76. The maximum Gasteiger partial charge on any atom is 0.418 e. The third-order valence-corrected chi connectivity index (χ3v) is 5.66. The lowest BCUT2D eigenvalue weighted by Crippen LogP contribution is -2.11. The summed E-state index contributed by atoms with van der Waals surface area (Å²) in [6, 6.07) is 5.61. The average Bonchev–Trinajstić information content (AvgIpc) is 3.30. The van der Waals surface area contributed by atoms with E-state index in [2.05, 4.69) is 15.6 Å². The van der Waals surface area contributed by atoms with Crippen molar-refractivity contribution in [2.24, 2.45) is 0 Å². The van der Waals surface area contributed by atoms with E-state index in [1.165, 1.54) is 11.3 Å². The number of carbonyl (C=O) groups is 1. The van der Waals surface area contributed by atoms with Crippen molar-refractivity contribution in [2.45, 2.75) is 19.1 Å². The molecule has 1 amide bonds. The summed E-state index contributed by atoms with van der Waals surface area (Å²) in [5.74, 6) is -1.36. The molecule has 0 saturated heterocycles. The fourth-order valence-corrected chi connectivity index (χ4v) is 4.02. The molecule has 0 bridgehead atoms. The zero-order chi connectivity index (χ0) is 21.0. The normalized spacial score (nSPS) is 11.5. The van der Waals surface area contributed by atoms with Crippen LogP contribution < -0.4 is 10.6 Å². The number of rotatable bonds is 7. The lowest BCUT2D eigenvalue weighted by molar-refractivity contribution is -0.137. The van der Waals surface area contributed by atoms with Crippen LogP contribution in [0.5, 0.6) is 0 Å². The van der Waals surface area contributed by atoms with Gasteiger partial charge in [-0.05, 0) is 30.3 Å². The zero-order valence-corrected chi connectivity index (χ0v) is 16.3. The third kappa shape index (κ3) is 5.52. The minimum absolute atomic E-state index is 0.0392. The van der Waals surface area contributed by atoms with E-state index in [9.17, 15) is 22.4 Å². The Bertz CT molecular complexity index is 1000. The van der Waals surface area contributed by atoms with Gasteiger partial charge < -0.3 is 10.4 Å². The maximum absolute atomic E-state index is 13.2.